The summed E-state index contributed by atoms with van der Waals surface area (Å²) in [4.78, 5) is 0. The number of benzene rings is 1. The summed E-state index contributed by atoms with van der Waals surface area (Å²) >= 11 is 3.44. The zero-order valence-electron chi connectivity index (χ0n) is 11.7. The Hall–Kier alpha value is -0.540. The zero-order chi connectivity index (χ0) is 13.5. The average molecular weight is 326 g/mol. The van der Waals surface area contributed by atoms with E-state index in [9.17, 15) is 0 Å². The first-order chi connectivity index (χ1) is 9.29. The second kappa shape index (κ2) is 7.91. The van der Waals surface area contributed by atoms with Crippen LogP contribution in [-0.4, -0.2) is 20.2 Å². The number of rotatable bonds is 7. The Labute approximate surface area is 125 Å². The first kappa shape index (κ1) is 14.9. The third kappa shape index (κ3) is 4.81. The van der Waals surface area contributed by atoms with Crippen LogP contribution in [0.25, 0.3) is 0 Å². The minimum absolute atomic E-state index is 0.767. The van der Waals surface area contributed by atoms with E-state index in [1.54, 1.807) is 0 Å². The van der Waals surface area contributed by atoms with E-state index < -0.39 is 0 Å². The highest BCUT2D eigenvalue weighted by atomic mass is 79.9. The van der Waals surface area contributed by atoms with Crippen molar-refractivity contribution in [2.45, 2.75) is 32.1 Å². The van der Waals surface area contributed by atoms with Crippen LogP contribution in [-0.2, 0) is 0 Å². The highest BCUT2D eigenvalue weighted by Gasteiger charge is 2.24. The van der Waals surface area contributed by atoms with E-state index in [2.05, 4.69) is 28.3 Å². The summed E-state index contributed by atoms with van der Waals surface area (Å²) in [6.45, 7) is 1.94. The van der Waals surface area contributed by atoms with E-state index >= 15 is 0 Å². The van der Waals surface area contributed by atoms with Gasteiger partial charge >= 0.3 is 0 Å². The maximum absolute atomic E-state index is 5.85. The van der Waals surface area contributed by atoms with Crippen molar-refractivity contribution in [1.29, 1.82) is 0 Å². The van der Waals surface area contributed by atoms with Crippen LogP contribution in [0.15, 0.2) is 28.7 Å². The molecule has 1 N–H and O–H groups in total. The molecule has 19 heavy (non-hydrogen) atoms. The summed E-state index contributed by atoms with van der Waals surface area (Å²) in [6, 6.07) is 8.09. The van der Waals surface area contributed by atoms with Gasteiger partial charge in [-0.25, -0.2) is 0 Å². The van der Waals surface area contributed by atoms with E-state index in [0.29, 0.717) is 0 Å². The van der Waals surface area contributed by atoms with Crippen LogP contribution in [0.5, 0.6) is 5.75 Å². The molecule has 1 aliphatic rings. The van der Waals surface area contributed by atoms with Gasteiger partial charge in [0.15, 0.2) is 0 Å². The van der Waals surface area contributed by atoms with E-state index in [1.807, 2.05) is 24.3 Å². The molecule has 1 atom stereocenters. The van der Waals surface area contributed by atoms with E-state index in [1.165, 1.54) is 25.7 Å². The number of halogens is 1. The molecule has 0 heterocycles. The Balaban J connectivity index is 1.76. The molecule has 2 nitrogen and oxygen atoms in total. The van der Waals surface area contributed by atoms with Crippen molar-refractivity contribution >= 4 is 15.9 Å². The van der Waals surface area contributed by atoms with Gasteiger partial charge in [-0.3, -0.25) is 0 Å². The Morgan fingerprint density at radius 3 is 2.58 bits per heavy atom. The van der Waals surface area contributed by atoms with Crippen molar-refractivity contribution in [3.8, 4) is 5.75 Å². The maximum Gasteiger partial charge on any atom is 0.119 e. The fourth-order valence-corrected chi connectivity index (χ4v) is 3.32. The molecule has 2 rings (SSSR count). The lowest BCUT2D eigenvalue weighted by Gasteiger charge is -2.23. The maximum atomic E-state index is 5.85. The lowest BCUT2D eigenvalue weighted by atomic mass is 9.88. The fraction of sp³-hybridized carbons (Fsp3) is 0.625. The molecule has 0 aliphatic heterocycles. The van der Waals surface area contributed by atoms with Gasteiger partial charge in [-0.1, -0.05) is 41.6 Å². The molecule has 1 saturated carbocycles. The van der Waals surface area contributed by atoms with Gasteiger partial charge in [0.05, 0.1) is 6.61 Å². The van der Waals surface area contributed by atoms with Crippen molar-refractivity contribution in [2.24, 2.45) is 11.8 Å². The van der Waals surface area contributed by atoms with Gasteiger partial charge in [0.1, 0.15) is 5.75 Å². The predicted octanol–water partition coefficient (Wildman–Crippen LogP) is 4.24. The number of hydrogen-bond acceptors (Lipinski definition) is 2. The van der Waals surface area contributed by atoms with Gasteiger partial charge < -0.3 is 10.1 Å². The molecule has 1 aromatic rings. The van der Waals surface area contributed by atoms with Crippen molar-refractivity contribution in [3.63, 3.8) is 0 Å². The third-order valence-electron chi connectivity index (χ3n) is 4.10. The van der Waals surface area contributed by atoms with Gasteiger partial charge in [0.2, 0.25) is 0 Å². The number of hydrogen-bond donors (Lipinski definition) is 1. The van der Waals surface area contributed by atoms with Gasteiger partial charge in [0, 0.05) is 4.47 Å². The summed E-state index contributed by atoms with van der Waals surface area (Å²) in [5.74, 6) is 2.64. The first-order valence-electron chi connectivity index (χ1n) is 7.32. The highest BCUT2D eigenvalue weighted by molar-refractivity contribution is 9.10. The van der Waals surface area contributed by atoms with Crippen molar-refractivity contribution in [3.05, 3.63) is 28.7 Å². The van der Waals surface area contributed by atoms with Crippen LogP contribution in [0.1, 0.15) is 32.1 Å². The quantitative estimate of drug-likeness (QED) is 0.809. The molecule has 0 radical (unpaired) electrons. The standard InChI is InChI=1S/C16H24BrNO/c1-18-12-14(13-4-2-3-5-13)10-11-19-16-8-6-15(17)7-9-16/h6-9,13-14,18H,2-5,10-12H2,1H3. The second-order valence-electron chi connectivity index (χ2n) is 5.45. The highest BCUT2D eigenvalue weighted by Crippen LogP contribution is 2.32. The monoisotopic (exact) mass is 325 g/mol. The first-order valence-corrected chi connectivity index (χ1v) is 8.12. The minimum atomic E-state index is 0.767. The Bertz CT molecular complexity index is 360. The molecule has 0 bridgehead atoms. The lowest BCUT2D eigenvalue weighted by molar-refractivity contribution is 0.232. The van der Waals surface area contributed by atoms with E-state index in [4.69, 9.17) is 4.74 Å². The van der Waals surface area contributed by atoms with Gasteiger partial charge in [0.25, 0.3) is 0 Å². The molecule has 0 aromatic heterocycles. The third-order valence-corrected chi connectivity index (χ3v) is 4.63. The minimum Gasteiger partial charge on any atom is -0.494 e. The van der Waals surface area contributed by atoms with Gasteiger partial charge in [-0.15, -0.1) is 0 Å². The molecule has 1 unspecified atom stereocenters. The molecular weight excluding hydrogens is 302 g/mol. The summed E-state index contributed by atoms with van der Waals surface area (Å²) < 4.78 is 6.94. The molecule has 1 aromatic carbocycles. The molecule has 3 heteroatoms. The predicted molar refractivity (Wildman–Crippen MR) is 83.6 cm³/mol. The van der Waals surface area contributed by atoms with Crippen LogP contribution in [0.2, 0.25) is 0 Å². The largest absolute Gasteiger partial charge is 0.494 e. The SMILES string of the molecule is CNCC(CCOc1ccc(Br)cc1)C1CCCC1. The van der Waals surface area contributed by atoms with Crippen LogP contribution in [0, 0.1) is 11.8 Å². The molecule has 106 valence electrons. The molecule has 0 saturated heterocycles. The fourth-order valence-electron chi connectivity index (χ4n) is 3.05. The smallest absolute Gasteiger partial charge is 0.119 e. The Morgan fingerprint density at radius 1 is 1.26 bits per heavy atom. The Morgan fingerprint density at radius 2 is 1.95 bits per heavy atom. The summed E-state index contributed by atoms with van der Waals surface area (Å²) in [6.07, 6.45) is 6.80. The Kier molecular flexibility index (Phi) is 6.18. The molecular formula is C16H24BrNO. The van der Waals surface area contributed by atoms with E-state index in [0.717, 1.165) is 41.6 Å². The van der Waals surface area contributed by atoms with Crippen LogP contribution < -0.4 is 10.1 Å². The van der Waals surface area contributed by atoms with Gasteiger partial charge in [-0.2, -0.15) is 0 Å². The molecule has 1 aliphatic carbocycles. The lowest BCUT2D eigenvalue weighted by Crippen LogP contribution is -2.26. The number of nitrogens with one attached hydrogen (secondary N) is 1. The van der Waals surface area contributed by atoms with Crippen molar-refractivity contribution in [1.82, 2.24) is 5.32 Å². The van der Waals surface area contributed by atoms with Crippen molar-refractivity contribution < 1.29 is 4.74 Å². The zero-order valence-corrected chi connectivity index (χ0v) is 13.3. The average Bonchev–Trinajstić information content (AvgIpc) is 2.94. The molecule has 0 spiro atoms. The number of ether oxygens (including phenoxy) is 1. The summed E-state index contributed by atoms with van der Waals surface area (Å²) in [7, 11) is 2.05. The second-order valence-corrected chi connectivity index (χ2v) is 6.37. The van der Waals surface area contributed by atoms with Crippen LogP contribution >= 0.6 is 15.9 Å². The van der Waals surface area contributed by atoms with E-state index in [-0.39, 0.29) is 0 Å². The van der Waals surface area contributed by atoms with Crippen molar-refractivity contribution in [2.75, 3.05) is 20.2 Å². The summed E-state index contributed by atoms with van der Waals surface area (Å²) in [5.41, 5.74) is 0. The normalized spacial score (nSPS) is 17.6. The molecule has 1 fully saturated rings. The van der Waals surface area contributed by atoms with Crippen LogP contribution in [0.4, 0.5) is 0 Å². The van der Waals surface area contributed by atoms with Crippen LogP contribution in [0.3, 0.4) is 0 Å². The topological polar surface area (TPSA) is 21.3 Å². The van der Waals surface area contributed by atoms with Gasteiger partial charge in [-0.05, 0) is 56.1 Å². The molecule has 0 amide bonds. The summed E-state index contributed by atoms with van der Waals surface area (Å²) in [5, 5.41) is 3.34.